The molecule has 6 heteroatoms. The Morgan fingerprint density at radius 1 is 0.722 bits per heavy atom. The molecule has 2 rings (SSSR count). The third-order valence-electron chi connectivity index (χ3n) is 2.54. The molecule has 0 aliphatic carbocycles. The van der Waals surface area contributed by atoms with Gasteiger partial charge in [-0.25, -0.2) is 0 Å². The molecule has 0 aliphatic heterocycles. The van der Waals surface area contributed by atoms with Gasteiger partial charge in [-0.1, -0.05) is 0 Å². The summed E-state index contributed by atoms with van der Waals surface area (Å²) in [6.45, 7) is 0. The zero-order chi connectivity index (χ0) is 11.7. The number of nitrogen functional groups attached to an aromatic ring is 2. The van der Waals surface area contributed by atoms with E-state index in [-0.39, 0.29) is 24.8 Å². The van der Waals surface area contributed by atoms with Crippen molar-refractivity contribution < 1.29 is 0 Å². The van der Waals surface area contributed by atoms with E-state index >= 15 is 0 Å². The minimum atomic E-state index is 0. The molecule has 0 radical (unpaired) electrons. The summed E-state index contributed by atoms with van der Waals surface area (Å²) in [6.07, 6.45) is 0. The Hall–Kier alpha value is -0.263. The number of halogens is 2. The van der Waals surface area contributed by atoms with Crippen molar-refractivity contribution in [2.75, 3.05) is 11.5 Å². The van der Waals surface area contributed by atoms with Gasteiger partial charge in [-0.3, -0.25) is 0 Å². The van der Waals surface area contributed by atoms with E-state index in [4.69, 9.17) is 11.5 Å². The second kappa shape index (κ2) is 7.36. The molecule has 2 atom stereocenters. The van der Waals surface area contributed by atoms with E-state index in [1.807, 2.05) is 18.2 Å². The molecule has 18 heavy (non-hydrogen) atoms. The van der Waals surface area contributed by atoms with E-state index < -0.39 is 0 Å². The Labute approximate surface area is 137 Å². The summed E-state index contributed by atoms with van der Waals surface area (Å²) in [5.74, 6) is 0. The summed E-state index contributed by atoms with van der Waals surface area (Å²) >= 11 is 3.20. The van der Waals surface area contributed by atoms with E-state index in [1.54, 1.807) is 33.7 Å². The van der Waals surface area contributed by atoms with Crippen LogP contribution >= 0.6 is 24.8 Å². The van der Waals surface area contributed by atoms with Crippen molar-refractivity contribution in [2.45, 2.75) is 0 Å². The standard InChI is InChI=1S/C12H14As2N2.2ClH/c13-11-9(5-6-10(16)12(11)14)7-1-3-8(15)4-2-7;;/h1-6H,13-16H2;2*1H. The van der Waals surface area contributed by atoms with Crippen LogP contribution in [-0.4, -0.2) is 33.7 Å². The Balaban J connectivity index is 0.00000144. The number of hydrogen-bond acceptors (Lipinski definition) is 2. The van der Waals surface area contributed by atoms with Gasteiger partial charge in [-0.15, -0.1) is 24.8 Å². The molecule has 0 amide bonds. The van der Waals surface area contributed by atoms with Crippen LogP contribution in [0.4, 0.5) is 11.4 Å². The first-order chi connectivity index (χ1) is 7.59. The van der Waals surface area contributed by atoms with Gasteiger partial charge in [0.25, 0.3) is 0 Å². The fourth-order valence-corrected chi connectivity index (χ4v) is 3.00. The van der Waals surface area contributed by atoms with Gasteiger partial charge < -0.3 is 0 Å². The molecule has 0 aliphatic rings. The molecule has 0 aromatic heterocycles. The van der Waals surface area contributed by atoms with Crippen molar-refractivity contribution in [3.8, 4) is 11.1 Å². The first-order valence-corrected chi connectivity index (χ1v) is 7.31. The maximum atomic E-state index is 5.90. The van der Waals surface area contributed by atoms with Crippen molar-refractivity contribution in [3.63, 3.8) is 0 Å². The number of benzene rings is 2. The van der Waals surface area contributed by atoms with Gasteiger partial charge in [0.05, 0.1) is 0 Å². The second-order valence-electron chi connectivity index (χ2n) is 3.65. The predicted molar refractivity (Wildman–Crippen MR) is 91.6 cm³/mol. The van der Waals surface area contributed by atoms with E-state index in [1.165, 1.54) is 19.8 Å². The number of nitrogens with two attached hydrogens (primary N) is 2. The van der Waals surface area contributed by atoms with Crippen LogP contribution in [-0.2, 0) is 0 Å². The average Bonchev–Trinajstić information content (AvgIpc) is 2.28. The van der Waals surface area contributed by atoms with Gasteiger partial charge in [0.1, 0.15) is 0 Å². The van der Waals surface area contributed by atoms with E-state index in [9.17, 15) is 0 Å². The molecule has 2 aromatic carbocycles. The number of hydrogen-bond donors (Lipinski definition) is 2. The Kier molecular flexibility index (Phi) is 7.25. The molecule has 0 heterocycles. The van der Waals surface area contributed by atoms with Gasteiger partial charge in [0.15, 0.2) is 0 Å². The van der Waals surface area contributed by atoms with Crippen LogP contribution in [0.15, 0.2) is 36.4 Å². The molecule has 0 spiro atoms. The van der Waals surface area contributed by atoms with E-state index in [0.29, 0.717) is 0 Å². The fourth-order valence-electron chi connectivity index (χ4n) is 1.57. The number of rotatable bonds is 1. The van der Waals surface area contributed by atoms with Crippen LogP contribution < -0.4 is 20.2 Å². The normalized spacial score (nSPS) is 9.22. The quantitative estimate of drug-likeness (QED) is 0.510. The maximum absolute atomic E-state index is 5.90. The molecule has 98 valence electrons. The summed E-state index contributed by atoms with van der Waals surface area (Å²) in [4.78, 5) is 0. The van der Waals surface area contributed by atoms with Crippen LogP contribution in [0.1, 0.15) is 0 Å². The summed E-state index contributed by atoms with van der Waals surface area (Å²) in [5.41, 5.74) is 15.7. The van der Waals surface area contributed by atoms with E-state index in [2.05, 4.69) is 18.2 Å². The van der Waals surface area contributed by atoms with Crippen molar-refractivity contribution in [1.82, 2.24) is 0 Å². The molecule has 0 fully saturated rings. The molecule has 0 bridgehead atoms. The van der Waals surface area contributed by atoms with Crippen LogP contribution in [0.3, 0.4) is 0 Å². The molecule has 2 aromatic rings. The van der Waals surface area contributed by atoms with Gasteiger partial charge in [0.2, 0.25) is 0 Å². The number of anilines is 2. The van der Waals surface area contributed by atoms with Gasteiger partial charge >= 0.3 is 113 Å². The SMILES string of the molecule is Cl.Cl.Nc1ccc(-c2ccc(N)c([AsH2])c2[AsH2])cc1. The van der Waals surface area contributed by atoms with Gasteiger partial charge in [0, 0.05) is 0 Å². The van der Waals surface area contributed by atoms with Crippen molar-refractivity contribution in [3.05, 3.63) is 36.4 Å². The Bertz CT molecular complexity index is 530. The first-order valence-electron chi connectivity index (χ1n) is 4.89. The molecule has 2 nitrogen and oxygen atoms in total. The van der Waals surface area contributed by atoms with Crippen LogP contribution in [0.5, 0.6) is 0 Å². The van der Waals surface area contributed by atoms with Crippen LogP contribution in [0.2, 0.25) is 0 Å². The monoisotopic (exact) mass is 408 g/mol. The third kappa shape index (κ3) is 3.62. The summed E-state index contributed by atoms with van der Waals surface area (Å²) < 4.78 is 2.55. The fraction of sp³-hybridized carbons (Fsp3) is 0. The van der Waals surface area contributed by atoms with Crippen LogP contribution in [0.25, 0.3) is 11.1 Å². The summed E-state index contributed by atoms with van der Waals surface area (Å²) in [6, 6.07) is 12.0. The molecular weight excluding hydrogens is 393 g/mol. The first kappa shape index (κ1) is 17.7. The summed E-state index contributed by atoms with van der Waals surface area (Å²) in [7, 11) is 0. The molecule has 0 saturated carbocycles. The molecular formula is C12H16As2Cl2N2. The average molecular weight is 409 g/mol. The predicted octanol–water partition coefficient (Wildman–Crippen LogP) is -0.122. The van der Waals surface area contributed by atoms with Crippen molar-refractivity contribution in [1.29, 1.82) is 0 Å². The molecule has 2 unspecified atom stereocenters. The van der Waals surface area contributed by atoms with Crippen molar-refractivity contribution in [2.24, 2.45) is 0 Å². The van der Waals surface area contributed by atoms with E-state index in [0.717, 1.165) is 11.4 Å². The third-order valence-corrected chi connectivity index (χ3v) is 6.67. The Morgan fingerprint density at radius 2 is 1.28 bits per heavy atom. The second-order valence-corrected chi connectivity index (χ2v) is 6.07. The minimum absolute atomic E-state index is 0. The zero-order valence-corrected chi connectivity index (χ0v) is 16.1. The molecule has 4 N–H and O–H groups in total. The molecule has 0 saturated heterocycles. The summed E-state index contributed by atoms with van der Waals surface area (Å²) in [5, 5.41) is 0. The zero-order valence-electron chi connectivity index (χ0n) is 9.59. The topological polar surface area (TPSA) is 52.0 Å². The Morgan fingerprint density at radius 3 is 1.83 bits per heavy atom. The van der Waals surface area contributed by atoms with Gasteiger partial charge in [-0.2, -0.15) is 0 Å². The van der Waals surface area contributed by atoms with Crippen molar-refractivity contribution >= 4 is 78.6 Å². The van der Waals surface area contributed by atoms with Gasteiger partial charge in [-0.05, 0) is 0 Å². The van der Waals surface area contributed by atoms with Crippen LogP contribution in [0, 0.1) is 0 Å².